The molecule has 9 heteroatoms. The molecule has 0 saturated heterocycles. The highest BCUT2D eigenvalue weighted by Gasteiger charge is 2.21. The number of hydrogen-bond acceptors (Lipinski definition) is 7. The van der Waals surface area contributed by atoms with Crippen LogP contribution in [0.15, 0.2) is 64.5 Å². The molecule has 0 atom stereocenters. The number of nitrogens with one attached hydrogen (secondary N) is 1. The summed E-state index contributed by atoms with van der Waals surface area (Å²) in [6, 6.07) is 11.8. The fourth-order valence-corrected chi connectivity index (χ4v) is 3.30. The number of amidine groups is 1. The van der Waals surface area contributed by atoms with Crippen molar-refractivity contribution in [3.05, 3.63) is 75.9 Å². The van der Waals surface area contributed by atoms with Gasteiger partial charge in [0.2, 0.25) is 0 Å². The standard InChI is InChI=1S/C20H21N5.HNO3/c1-2-4-10-16-15(9-3-1)19(17-11-5-7-13-21-17)24-25-20(23-16)18-12-6-8-14-22-18;2-1(3)4/h5-8,11-14,24H,1-4,9-10H2;(H,2,3,4). The summed E-state index contributed by atoms with van der Waals surface area (Å²) in [5.41, 5.74) is 8.28. The van der Waals surface area contributed by atoms with E-state index < -0.39 is 5.09 Å². The first-order valence-electron chi connectivity index (χ1n) is 9.46. The molecule has 0 spiro atoms. The van der Waals surface area contributed by atoms with E-state index in [0.717, 1.165) is 42.1 Å². The number of nitrogens with zero attached hydrogens (tertiary/aromatic N) is 5. The molecule has 2 aromatic heterocycles. The second kappa shape index (κ2) is 10.1. The molecule has 3 heterocycles. The third kappa shape index (κ3) is 5.68. The van der Waals surface area contributed by atoms with E-state index in [0.29, 0.717) is 5.84 Å². The van der Waals surface area contributed by atoms with Crippen LogP contribution in [0.2, 0.25) is 0 Å². The number of pyridine rings is 2. The van der Waals surface area contributed by atoms with Gasteiger partial charge < -0.3 is 5.21 Å². The summed E-state index contributed by atoms with van der Waals surface area (Å²) in [5, 5.41) is 18.2. The van der Waals surface area contributed by atoms with Crippen LogP contribution in [-0.4, -0.2) is 31.8 Å². The molecule has 2 aromatic rings. The van der Waals surface area contributed by atoms with E-state index in [1.54, 1.807) is 6.20 Å². The van der Waals surface area contributed by atoms with Gasteiger partial charge in [-0.1, -0.05) is 25.0 Å². The van der Waals surface area contributed by atoms with E-state index in [1.165, 1.54) is 24.8 Å². The molecule has 0 radical (unpaired) electrons. The van der Waals surface area contributed by atoms with Gasteiger partial charge >= 0.3 is 0 Å². The van der Waals surface area contributed by atoms with Crippen LogP contribution in [0.25, 0.3) is 5.70 Å². The molecular weight excluding hydrogens is 372 g/mol. The molecule has 1 aliphatic heterocycles. The highest BCUT2D eigenvalue weighted by molar-refractivity contribution is 6.15. The first kappa shape index (κ1) is 20.1. The van der Waals surface area contributed by atoms with Crippen LogP contribution in [-0.2, 0) is 0 Å². The fourth-order valence-electron chi connectivity index (χ4n) is 3.30. The molecule has 4 rings (SSSR count). The van der Waals surface area contributed by atoms with Gasteiger partial charge in [0.1, 0.15) is 5.69 Å². The van der Waals surface area contributed by atoms with Gasteiger partial charge in [-0.2, -0.15) is 5.10 Å². The first-order valence-corrected chi connectivity index (χ1v) is 9.46. The first-order chi connectivity index (χ1) is 14.1. The molecule has 1 aliphatic carbocycles. The zero-order chi connectivity index (χ0) is 20.5. The van der Waals surface area contributed by atoms with Crippen LogP contribution in [0, 0.1) is 10.1 Å². The van der Waals surface area contributed by atoms with Crippen molar-refractivity contribution in [2.75, 3.05) is 0 Å². The Morgan fingerprint density at radius 2 is 1.55 bits per heavy atom. The molecule has 0 bridgehead atoms. The van der Waals surface area contributed by atoms with Gasteiger partial charge in [-0.3, -0.25) is 15.4 Å². The summed E-state index contributed by atoms with van der Waals surface area (Å²) < 4.78 is 0. The number of hydrogen-bond donors (Lipinski definition) is 2. The van der Waals surface area contributed by atoms with E-state index in [2.05, 4.69) is 20.5 Å². The lowest BCUT2D eigenvalue weighted by molar-refractivity contribution is -0.742. The number of fused-ring (bicyclic) bond motifs is 1. The van der Waals surface area contributed by atoms with Crippen LogP contribution in [0.3, 0.4) is 0 Å². The number of aromatic nitrogens is 2. The maximum atomic E-state index is 8.36. The Bertz CT molecular complexity index is 922. The van der Waals surface area contributed by atoms with Gasteiger partial charge in [-0.15, -0.1) is 10.1 Å². The number of aliphatic imine (C=N–C) groups is 1. The van der Waals surface area contributed by atoms with Crippen molar-refractivity contribution in [2.45, 2.75) is 38.5 Å². The zero-order valence-electron chi connectivity index (χ0n) is 15.9. The second-order valence-corrected chi connectivity index (χ2v) is 6.54. The van der Waals surface area contributed by atoms with Crippen molar-refractivity contribution in [2.24, 2.45) is 10.1 Å². The molecular formula is C20H22N6O3. The Labute approximate surface area is 168 Å². The van der Waals surface area contributed by atoms with Gasteiger partial charge in [-0.05, 0) is 49.9 Å². The highest BCUT2D eigenvalue weighted by Crippen LogP contribution is 2.27. The van der Waals surface area contributed by atoms with Crippen LogP contribution in [0.4, 0.5) is 0 Å². The Balaban J connectivity index is 0.000000552. The van der Waals surface area contributed by atoms with Crippen LogP contribution < -0.4 is 5.43 Å². The summed E-state index contributed by atoms with van der Waals surface area (Å²) in [7, 11) is 0. The van der Waals surface area contributed by atoms with E-state index in [-0.39, 0.29) is 0 Å². The molecule has 1 saturated carbocycles. The summed E-state index contributed by atoms with van der Waals surface area (Å²) >= 11 is 0. The molecule has 0 amide bonds. The van der Waals surface area contributed by atoms with E-state index >= 15 is 0 Å². The Morgan fingerprint density at radius 3 is 2.17 bits per heavy atom. The number of allylic oxidation sites excluding steroid dienone is 1. The Morgan fingerprint density at radius 1 is 0.931 bits per heavy atom. The predicted octanol–water partition coefficient (Wildman–Crippen LogP) is 3.60. The quantitative estimate of drug-likeness (QED) is 0.592. The fraction of sp³-hybridized carbons (Fsp3) is 0.300. The lowest BCUT2D eigenvalue weighted by Gasteiger charge is -2.17. The van der Waals surface area contributed by atoms with Gasteiger partial charge in [0.15, 0.2) is 5.84 Å². The van der Waals surface area contributed by atoms with E-state index in [4.69, 9.17) is 20.3 Å². The van der Waals surface area contributed by atoms with E-state index in [1.807, 2.05) is 42.6 Å². The molecule has 9 nitrogen and oxygen atoms in total. The summed E-state index contributed by atoms with van der Waals surface area (Å²) in [6.45, 7) is 0. The van der Waals surface area contributed by atoms with Gasteiger partial charge in [0.25, 0.3) is 5.09 Å². The van der Waals surface area contributed by atoms with Crippen LogP contribution >= 0.6 is 0 Å². The molecule has 2 aliphatic rings. The lowest BCUT2D eigenvalue weighted by Crippen LogP contribution is -2.14. The molecule has 0 aromatic carbocycles. The minimum atomic E-state index is -1.50. The maximum Gasteiger partial charge on any atom is 0.291 e. The third-order valence-corrected chi connectivity index (χ3v) is 4.57. The summed E-state index contributed by atoms with van der Waals surface area (Å²) in [5.74, 6) is 0.639. The summed E-state index contributed by atoms with van der Waals surface area (Å²) in [6.07, 6.45) is 10.4. The molecule has 0 unspecified atom stereocenters. The summed E-state index contributed by atoms with van der Waals surface area (Å²) in [4.78, 5) is 22.2. The van der Waals surface area contributed by atoms with Crippen molar-refractivity contribution in [3.63, 3.8) is 0 Å². The average molecular weight is 394 g/mol. The third-order valence-electron chi connectivity index (χ3n) is 4.57. The van der Waals surface area contributed by atoms with Crippen molar-refractivity contribution in [3.8, 4) is 0 Å². The normalized spacial score (nSPS) is 16.4. The van der Waals surface area contributed by atoms with Gasteiger partial charge in [-0.25, -0.2) is 4.99 Å². The molecule has 150 valence electrons. The number of rotatable bonds is 2. The van der Waals surface area contributed by atoms with Crippen LogP contribution in [0.1, 0.15) is 49.9 Å². The molecule has 2 N–H and O–H groups in total. The van der Waals surface area contributed by atoms with Crippen molar-refractivity contribution in [1.29, 1.82) is 0 Å². The maximum absolute atomic E-state index is 8.36. The Hall–Kier alpha value is -3.62. The van der Waals surface area contributed by atoms with Gasteiger partial charge in [0.05, 0.1) is 11.4 Å². The molecule has 29 heavy (non-hydrogen) atoms. The van der Waals surface area contributed by atoms with Crippen molar-refractivity contribution in [1.82, 2.24) is 15.4 Å². The zero-order valence-corrected chi connectivity index (χ0v) is 15.9. The topological polar surface area (TPSA) is 126 Å². The van der Waals surface area contributed by atoms with Gasteiger partial charge in [0, 0.05) is 23.7 Å². The molecule has 1 fully saturated rings. The SMILES string of the molecule is O=[N+]([O-])O.c1ccc(C2=NNC(c3ccccn3)=C3CCCCCCC3=N2)nc1. The Kier molecular flexibility index (Phi) is 6.99. The largest absolute Gasteiger partial charge is 0.328 e. The van der Waals surface area contributed by atoms with Crippen molar-refractivity contribution < 1.29 is 10.3 Å². The van der Waals surface area contributed by atoms with Crippen LogP contribution in [0.5, 0.6) is 0 Å². The monoisotopic (exact) mass is 394 g/mol. The van der Waals surface area contributed by atoms with Crippen molar-refractivity contribution >= 4 is 17.2 Å². The lowest BCUT2D eigenvalue weighted by atomic mass is 9.92. The minimum absolute atomic E-state index is 0.639. The minimum Gasteiger partial charge on any atom is -0.328 e. The average Bonchev–Trinajstić information content (AvgIpc) is 2.88. The van der Waals surface area contributed by atoms with E-state index in [9.17, 15) is 0 Å². The smallest absolute Gasteiger partial charge is 0.291 e. The highest BCUT2D eigenvalue weighted by atomic mass is 16.9. The number of hydrazone groups is 1. The predicted molar refractivity (Wildman–Crippen MR) is 109 cm³/mol. The second-order valence-electron chi connectivity index (χ2n) is 6.54.